The molecule has 0 bridgehead atoms. The minimum Gasteiger partial charge on any atom is -0.399 e. The third-order valence-corrected chi connectivity index (χ3v) is 4.21. The molecule has 1 rings (SSSR count). The molecule has 1 atom stereocenters. The summed E-state index contributed by atoms with van der Waals surface area (Å²) >= 11 is 0. The lowest BCUT2D eigenvalue weighted by Gasteiger charge is -2.13. The van der Waals surface area contributed by atoms with E-state index in [1.54, 1.807) is 19.2 Å². The van der Waals surface area contributed by atoms with Crippen molar-refractivity contribution in [2.75, 3.05) is 29.6 Å². The second-order valence-corrected chi connectivity index (χ2v) is 7.03. The minimum absolute atomic E-state index is 0.00243. The van der Waals surface area contributed by atoms with Gasteiger partial charge in [0, 0.05) is 40.7 Å². The normalized spacial score (nSPS) is 13.3. The van der Waals surface area contributed by atoms with Crippen molar-refractivity contribution in [3.63, 3.8) is 0 Å². The van der Waals surface area contributed by atoms with Gasteiger partial charge in [-0.25, -0.2) is 13.6 Å². The number of rotatable bonds is 5. The first-order valence-electron chi connectivity index (χ1n) is 5.18. The summed E-state index contributed by atoms with van der Waals surface area (Å²) in [5.74, 6) is 0.471. The Morgan fingerprint density at radius 2 is 2.00 bits per heavy atom. The van der Waals surface area contributed by atoms with E-state index in [2.05, 4.69) is 5.32 Å². The van der Waals surface area contributed by atoms with Gasteiger partial charge in [0.2, 0.25) is 10.0 Å². The van der Waals surface area contributed by atoms with Crippen LogP contribution < -0.4 is 16.2 Å². The molecule has 0 saturated heterocycles. The van der Waals surface area contributed by atoms with Crippen LogP contribution in [-0.2, 0) is 20.8 Å². The van der Waals surface area contributed by atoms with Gasteiger partial charge < -0.3 is 11.1 Å². The summed E-state index contributed by atoms with van der Waals surface area (Å²) in [6, 6.07) is 2.95. The molecule has 18 heavy (non-hydrogen) atoms. The van der Waals surface area contributed by atoms with Gasteiger partial charge in [-0.2, -0.15) is 0 Å². The van der Waals surface area contributed by atoms with Crippen LogP contribution in [0.3, 0.4) is 0 Å². The number of hydrogen-bond donors (Lipinski definition) is 3. The highest BCUT2D eigenvalue weighted by Crippen LogP contribution is 2.25. The molecule has 102 valence electrons. The molecule has 0 aromatic heterocycles. The average Bonchev–Trinajstić information content (AvgIpc) is 2.20. The number of anilines is 2. The largest absolute Gasteiger partial charge is 0.399 e. The Morgan fingerprint density at radius 1 is 1.39 bits per heavy atom. The molecular formula is C10H17N3O3S2. The first kappa shape index (κ1) is 14.9. The van der Waals surface area contributed by atoms with E-state index in [0.29, 0.717) is 29.2 Å². The summed E-state index contributed by atoms with van der Waals surface area (Å²) in [7, 11) is -4.71. The lowest BCUT2D eigenvalue weighted by atomic mass is 10.2. The van der Waals surface area contributed by atoms with Crippen molar-refractivity contribution in [1.29, 1.82) is 0 Å². The summed E-state index contributed by atoms with van der Waals surface area (Å²) in [5, 5.41) is 8.12. The molecule has 0 amide bonds. The molecular weight excluding hydrogens is 274 g/mol. The van der Waals surface area contributed by atoms with Crippen LogP contribution in [0.4, 0.5) is 11.4 Å². The SMILES string of the molecule is Cc1c(NCCS(C)=O)cc(N)cc1S(N)(=O)=O. The summed E-state index contributed by atoms with van der Waals surface area (Å²) in [6.45, 7) is 2.11. The second kappa shape index (κ2) is 5.68. The number of nitrogen functional groups attached to an aromatic ring is 1. The van der Waals surface area contributed by atoms with Gasteiger partial charge in [0.15, 0.2) is 0 Å². The molecule has 0 aliphatic rings. The molecule has 6 nitrogen and oxygen atoms in total. The summed E-state index contributed by atoms with van der Waals surface area (Å²) < 4.78 is 33.7. The van der Waals surface area contributed by atoms with E-state index in [1.165, 1.54) is 6.07 Å². The van der Waals surface area contributed by atoms with Gasteiger partial charge >= 0.3 is 0 Å². The average molecular weight is 291 g/mol. The second-order valence-electron chi connectivity index (χ2n) is 3.94. The standard InChI is InChI=1S/C10H17N3O3S2/c1-7-9(13-3-4-17(2)14)5-8(11)6-10(7)18(12,15)16/h5-6,13H,3-4,11H2,1-2H3,(H2,12,15,16). The Kier molecular flexibility index (Phi) is 4.71. The highest BCUT2D eigenvalue weighted by atomic mass is 32.2. The summed E-state index contributed by atoms with van der Waals surface area (Å²) in [4.78, 5) is 0.00243. The lowest BCUT2D eigenvalue weighted by Crippen LogP contribution is -2.16. The monoisotopic (exact) mass is 291 g/mol. The van der Waals surface area contributed by atoms with Crippen LogP contribution in [0, 0.1) is 6.92 Å². The van der Waals surface area contributed by atoms with Crippen molar-refractivity contribution in [3.8, 4) is 0 Å². The molecule has 0 saturated carbocycles. The van der Waals surface area contributed by atoms with E-state index in [4.69, 9.17) is 10.9 Å². The van der Waals surface area contributed by atoms with Crippen LogP contribution in [0.15, 0.2) is 17.0 Å². The number of nitrogens with two attached hydrogens (primary N) is 2. The van der Waals surface area contributed by atoms with Crippen molar-refractivity contribution in [2.24, 2.45) is 5.14 Å². The first-order valence-corrected chi connectivity index (χ1v) is 8.46. The Morgan fingerprint density at radius 3 is 2.50 bits per heavy atom. The van der Waals surface area contributed by atoms with E-state index in [1.807, 2.05) is 0 Å². The molecule has 1 aromatic rings. The van der Waals surface area contributed by atoms with Crippen molar-refractivity contribution < 1.29 is 12.6 Å². The van der Waals surface area contributed by atoms with Gasteiger partial charge in [0.05, 0.1) is 4.90 Å². The quantitative estimate of drug-likeness (QED) is 0.661. The van der Waals surface area contributed by atoms with E-state index in [-0.39, 0.29) is 4.90 Å². The molecule has 5 N–H and O–H groups in total. The summed E-state index contributed by atoms with van der Waals surface area (Å²) in [5.41, 5.74) is 7.04. The van der Waals surface area contributed by atoms with Gasteiger partial charge in [-0.05, 0) is 24.6 Å². The summed E-state index contributed by atoms with van der Waals surface area (Å²) in [6.07, 6.45) is 1.60. The van der Waals surface area contributed by atoms with Gasteiger partial charge in [0.1, 0.15) is 0 Å². The fourth-order valence-corrected chi connectivity index (χ4v) is 2.74. The fraction of sp³-hybridized carbons (Fsp3) is 0.400. The van der Waals surface area contributed by atoms with Crippen molar-refractivity contribution >= 4 is 32.2 Å². The molecule has 0 aliphatic heterocycles. The van der Waals surface area contributed by atoms with Crippen molar-refractivity contribution in [2.45, 2.75) is 11.8 Å². The number of nitrogens with one attached hydrogen (secondary N) is 1. The Labute approximate surface area is 109 Å². The zero-order valence-corrected chi connectivity index (χ0v) is 11.9. The molecule has 8 heteroatoms. The highest BCUT2D eigenvalue weighted by Gasteiger charge is 2.15. The van der Waals surface area contributed by atoms with Crippen LogP contribution in [0.25, 0.3) is 0 Å². The Balaban J connectivity index is 3.06. The number of hydrogen-bond acceptors (Lipinski definition) is 5. The predicted molar refractivity (Wildman–Crippen MR) is 74.4 cm³/mol. The van der Waals surface area contributed by atoms with E-state index >= 15 is 0 Å². The number of primary sulfonamides is 1. The van der Waals surface area contributed by atoms with Crippen LogP contribution >= 0.6 is 0 Å². The molecule has 0 spiro atoms. The number of sulfonamides is 1. The Hall–Kier alpha value is -1.12. The maximum atomic E-state index is 11.4. The van der Waals surface area contributed by atoms with Crippen LogP contribution in [-0.4, -0.2) is 31.2 Å². The maximum Gasteiger partial charge on any atom is 0.238 e. The fourth-order valence-electron chi connectivity index (χ4n) is 1.52. The first-order chi connectivity index (χ1) is 8.21. The third-order valence-electron chi connectivity index (χ3n) is 2.39. The van der Waals surface area contributed by atoms with Gasteiger partial charge in [-0.3, -0.25) is 4.21 Å². The van der Waals surface area contributed by atoms with E-state index in [0.717, 1.165) is 0 Å². The van der Waals surface area contributed by atoms with Crippen LogP contribution in [0.1, 0.15) is 5.56 Å². The molecule has 0 aliphatic carbocycles. The van der Waals surface area contributed by atoms with Crippen molar-refractivity contribution in [1.82, 2.24) is 0 Å². The van der Waals surface area contributed by atoms with Crippen LogP contribution in [0.5, 0.6) is 0 Å². The smallest absolute Gasteiger partial charge is 0.238 e. The van der Waals surface area contributed by atoms with Gasteiger partial charge in [-0.1, -0.05) is 0 Å². The highest BCUT2D eigenvalue weighted by molar-refractivity contribution is 7.89. The van der Waals surface area contributed by atoms with Gasteiger partial charge in [-0.15, -0.1) is 0 Å². The molecule has 0 fully saturated rings. The number of benzene rings is 1. The molecule has 1 aromatic carbocycles. The van der Waals surface area contributed by atoms with E-state index < -0.39 is 20.8 Å². The van der Waals surface area contributed by atoms with Crippen LogP contribution in [0.2, 0.25) is 0 Å². The molecule has 0 heterocycles. The van der Waals surface area contributed by atoms with Gasteiger partial charge in [0.25, 0.3) is 0 Å². The predicted octanol–water partition coefficient (Wildman–Crippen LogP) is 0.0150. The molecule has 0 radical (unpaired) electrons. The topological polar surface area (TPSA) is 115 Å². The van der Waals surface area contributed by atoms with Crippen molar-refractivity contribution in [3.05, 3.63) is 17.7 Å². The zero-order chi connectivity index (χ0) is 13.9. The zero-order valence-electron chi connectivity index (χ0n) is 10.3. The maximum absolute atomic E-state index is 11.4. The molecule has 1 unspecified atom stereocenters. The third kappa shape index (κ3) is 3.97. The Bertz CT molecular complexity index is 570. The minimum atomic E-state index is -3.80. The lowest BCUT2D eigenvalue weighted by molar-refractivity contribution is 0.597. The van der Waals surface area contributed by atoms with E-state index in [9.17, 15) is 12.6 Å².